The summed E-state index contributed by atoms with van der Waals surface area (Å²) in [5.74, 6) is 0.745. The minimum Gasteiger partial charge on any atom is -0.495 e. The van der Waals surface area contributed by atoms with Crippen LogP contribution in [0.2, 0.25) is 5.02 Å². The van der Waals surface area contributed by atoms with E-state index in [1.165, 1.54) is 5.56 Å². The smallest absolute Gasteiger partial charge is 0.137 e. The first kappa shape index (κ1) is 12.4. The Balaban J connectivity index is 2.84. The van der Waals surface area contributed by atoms with Crippen LogP contribution in [0.5, 0.6) is 5.75 Å². The van der Waals surface area contributed by atoms with Crippen LogP contribution in [0.3, 0.4) is 0 Å². The van der Waals surface area contributed by atoms with Gasteiger partial charge in [-0.3, -0.25) is 0 Å². The van der Waals surface area contributed by atoms with Crippen LogP contribution in [0.25, 0.3) is 0 Å². The summed E-state index contributed by atoms with van der Waals surface area (Å²) < 4.78 is 5.12. The van der Waals surface area contributed by atoms with Crippen molar-refractivity contribution < 1.29 is 4.74 Å². The Morgan fingerprint density at radius 2 is 2.00 bits per heavy atom. The second-order valence-electron chi connectivity index (χ2n) is 4.66. The summed E-state index contributed by atoms with van der Waals surface area (Å²) in [6.07, 6.45) is 2.21. The van der Waals surface area contributed by atoms with E-state index in [-0.39, 0.29) is 0 Å². The fourth-order valence-corrected chi connectivity index (χ4v) is 1.78. The Bertz CT molecular complexity index is 331. The van der Waals surface area contributed by atoms with Crippen molar-refractivity contribution in [3.05, 3.63) is 28.8 Å². The van der Waals surface area contributed by atoms with Crippen LogP contribution in [0.1, 0.15) is 32.8 Å². The topological polar surface area (TPSA) is 9.23 Å². The van der Waals surface area contributed by atoms with E-state index < -0.39 is 0 Å². The molecular weight excluding hydrogens is 208 g/mol. The van der Waals surface area contributed by atoms with E-state index in [0.717, 1.165) is 18.6 Å². The largest absolute Gasteiger partial charge is 0.495 e. The molecule has 0 amide bonds. The fraction of sp³-hybridized carbons (Fsp3) is 0.538. The van der Waals surface area contributed by atoms with Crippen molar-refractivity contribution in [2.24, 2.45) is 5.41 Å². The van der Waals surface area contributed by atoms with Gasteiger partial charge in [-0.1, -0.05) is 44.9 Å². The van der Waals surface area contributed by atoms with Gasteiger partial charge in [0.25, 0.3) is 0 Å². The quantitative estimate of drug-likeness (QED) is 0.743. The molecule has 0 unspecified atom stereocenters. The number of halogens is 1. The number of rotatable bonds is 4. The molecule has 1 rings (SSSR count). The molecule has 0 bridgehead atoms. The van der Waals surface area contributed by atoms with Crippen molar-refractivity contribution in [2.75, 3.05) is 7.11 Å². The van der Waals surface area contributed by atoms with Gasteiger partial charge in [0.1, 0.15) is 5.75 Å². The minimum absolute atomic E-state index is 0.331. The zero-order valence-corrected chi connectivity index (χ0v) is 10.7. The maximum atomic E-state index is 6.08. The third-order valence-corrected chi connectivity index (χ3v) is 3.15. The number of methoxy groups -OCH3 is 1. The van der Waals surface area contributed by atoms with Crippen molar-refractivity contribution in [3.63, 3.8) is 0 Å². The van der Waals surface area contributed by atoms with Gasteiger partial charge in [-0.05, 0) is 29.5 Å². The van der Waals surface area contributed by atoms with E-state index in [9.17, 15) is 0 Å². The lowest BCUT2D eigenvalue weighted by atomic mass is 9.83. The minimum atomic E-state index is 0.331. The third kappa shape index (κ3) is 3.42. The lowest BCUT2D eigenvalue weighted by Crippen LogP contribution is -2.13. The van der Waals surface area contributed by atoms with Crippen molar-refractivity contribution in [1.29, 1.82) is 0 Å². The van der Waals surface area contributed by atoms with Crippen LogP contribution in [-0.4, -0.2) is 7.11 Å². The van der Waals surface area contributed by atoms with Gasteiger partial charge in [0.2, 0.25) is 0 Å². The Morgan fingerprint density at radius 1 is 1.33 bits per heavy atom. The Kier molecular flexibility index (Phi) is 4.04. The molecule has 2 heteroatoms. The standard InChI is InChI=1S/C13H19ClO/c1-5-13(2,3)9-10-6-7-12(15-4)11(14)8-10/h6-8H,5,9H2,1-4H3. The fourth-order valence-electron chi connectivity index (χ4n) is 1.50. The first-order chi connectivity index (χ1) is 6.98. The maximum absolute atomic E-state index is 6.08. The molecule has 0 N–H and O–H groups in total. The summed E-state index contributed by atoms with van der Waals surface area (Å²) in [5, 5.41) is 0.696. The van der Waals surface area contributed by atoms with E-state index in [1.54, 1.807) is 7.11 Å². The lowest BCUT2D eigenvalue weighted by molar-refractivity contribution is 0.349. The van der Waals surface area contributed by atoms with E-state index in [1.807, 2.05) is 12.1 Å². The highest BCUT2D eigenvalue weighted by Crippen LogP contribution is 2.30. The molecular formula is C13H19ClO. The molecule has 84 valence electrons. The highest BCUT2D eigenvalue weighted by Gasteiger charge is 2.16. The second kappa shape index (κ2) is 4.89. The number of benzene rings is 1. The van der Waals surface area contributed by atoms with Crippen LogP contribution >= 0.6 is 11.6 Å². The maximum Gasteiger partial charge on any atom is 0.137 e. The third-order valence-electron chi connectivity index (χ3n) is 2.86. The molecule has 1 aromatic rings. The molecule has 0 heterocycles. The first-order valence-electron chi connectivity index (χ1n) is 5.31. The predicted molar refractivity (Wildman–Crippen MR) is 65.8 cm³/mol. The summed E-state index contributed by atoms with van der Waals surface area (Å²) in [7, 11) is 1.64. The molecule has 0 atom stereocenters. The lowest BCUT2D eigenvalue weighted by Gasteiger charge is -2.22. The van der Waals surface area contributed by atoms with Gasteiger partial charge in [-0.25, -0.2) is 0 Å². The number of ether oxygens (including phenoxy) is 1. The summed E-state index contributed by atoms with van der Waals surface area (Å²) >= 11 is 6.08. The molecule has 0 aliphatic heterocycles. The molecule has 1 nitrogen and oxygen atoms in total. The molecule has 0 radical (unpaired) electrons. The molecule has 0 saturated carbocycles. The van der Waals surface area contributed by atoms with Gasteiger partial charge in [0, 0.05) is 0 Å². The van der Waals surface area contributed by atoms with Gasteiger partial charge in [-0.2, -0.15) is 0 Å². The second-order valence-corrected chi connectivity index (χ2v) is 5.07. The van der Waals surface area contributed by atoms with Crippen LogP contribution in [0, 0.1) is 5.41 Å². The molecule has 0 aliphatic carbocycles. The van der Waals surface area contributed by atoms with Gasteiger partial charge < -0.3 is 4.74 Å². The van der Waals surface area contributed by atoms with Crippen molar-refractivity contribution in [1.82, 2.24) is 0 Å². The molecule has 15 heavy (non-hydrogen) atoms. The zero-order chi connectivity index (χ0) is 11.5. The van der Waals surface area contributed by atoms with Crippen molar-refractivity contribution in [3.8, 4) is 5.75 Å². The molecule has 0 aliphatic rings. The van der Waals surface area contributed by atoms with Crippen LogP contribution in [0.4, 0.5) is 0 Å². The van der Waals surface area contributed by atoms with Crippen LogP contribution in [-0.2, 0) is 6.42 Å². The number of hydrogen-bond acceptors (Lipinski definition) is 1. The summed E-state index contributed by atoms with van der Waals surface area (Å²) in [4.78, 5) is 0. The van der Waals surface area contributed by atoms with E-state index in [0.29, 0.717) is 10.4 Å². The monoisotopic (exact) mass is 226 g/mol. The van der Waals surface area contributed by atoms with Gasteiger partial charge >= 0.3 is 0 Å². The molecule has 0 aromatic heterocycles. The summed E-state index contributed by atoms with van der Waals surface area (Å²) in [6, 6.07) is 6.02. The van der Waals surface area contributed by atoms with Gasteiger partial charge in [0.15, 0.2) is 0 Å². The summed E-state index contributed by atoms with van der Waals surface area (Å²) in [5.41, 5.74) is 1.60. The Hall–Kier alpha value is -0.690. The van der Waals surface area contributed by atoms with Gasteiger partial charge in [-0.15, -0.1) is 0 Å². The van der Waals surface area contributed by atoms with Crippen LogP contribution < -0.4 is 4.74 Å². The van der Waals surface area contributed by atoms with Crippen molar-refractivity contribution in [2.45, 2.75) is 33.6 Å². The van der Waals surface area contributed by atoms with Crippen LogP contribution in [0.15, 0.2) is 18.2 Å². The van der Waals surface area contributed by atoms with Crippen molar-refractivity contribution >= 4 is 11.6 Å². The summed E-state index contributed by atoms with van der Waals surface area (Å²) in [6.45, 7) is 6.75. The van der Waals surface area contributed by atoms with E-state index in [4.69, 9.17) is 16.3 Å². The normalized spacial score (nSPS) is 11.5. The average Bonchev–Trinajstić information content (AvgIpc) is 2.17. The first-order valence-corrected chi connectivity index (χ1v) is 5.69. The van der Waals surface area contributed by atoms with E-state index in [2.05, 4.69) is 26.8 Å². The zero-order valence-electron chi connectivity index (χ0n) is 9.93. The average molecular weight is 227 g/mol. The molecule has 0 spiro atoms. The molecule has 1 aromatic carbocycles. The van der Waals surface area contributed by atoms with E-state index >= 15 is 0 Å². The highest BCUT2D eigenvalue weighted by atomic mass is 35.5. The SMILES string of the molecule is CCC(C)(C)Cc1ccc(OC)c(Cl)c1. The molecule has 0 saturated heterocycles. The Morgan fingerprint density at radius 3 is 2.47 bits per heavy atom. The Labute approximate surface area is 97.4 Å². The predicted octanol–water partition coefficient (Wildman–Crippen LogP) is 4.33. The molecule has 0 fully saturated rings. The number of hydrogen-bond donors (Lipinski definition) is 0. The highest BCUT2D eigenvalue weighted by molar-refractivity contribution is 6.32. The van der Waals surface area contributed by atoms with Gasteiger partial charge in [0.05, 0.1) is 12.1 Å².